The molecule has 1 saturated heterocycles. The summed E-state index contributed by atoms with van der Waals surface area (Å²) in [7, 11) is 1.68. The lowest BCUT2D eigenvalue weighted by molar-refractivity contribution is -0.135. The molecule has 0 aromatic heterocycles. The van der Waals surface area contributed by atoms with Gasteiger partial charge in [0, 0.05) is 20.2 Å². The number of nitrogens with zero attached hydrogens (tertiary/aromatic N) is 1. The van der Waals surface area contributed by atoms with Gasteiger partial charge >= 0.3 is 5.97 Å². The van der Waals surface area contributed by atoms with Crippen LogP contribution in [0.4, 0.5) is 0 Å². The molecule has 0 radical (unpaired) electrons. The van der Waals surface area contributed by atoms with E-state index in [2.05, 4.69) is 0 Å². The maximum Gasteiger partial charge on any atom is 0.335 e. The quantitative estimate of drug-likeness (QED) is 0.824. The number of carbonyl (C=O) groups is 2. The molecule has 1 aliphatic heterocycles. The van der Waals surface area contributed by atoms with Gasteiger partial charge in [-0.25, -0.2) is 4.79 Å². The summed E-state index contributed by atoms with van der Waals surface area (Å²) in [5.41, 5.74) is 6.07. The number of carboxylic acids is 1. The molecule has 0 spiro atoms. The van der Waals surface area contributed by atoms with Gasteiger partial charge < -0.3 is 20.5 Å². The van der Waals surface area contributed by atoms with Crippen LogP contribution in [0.5, 0.6) is 0 Å². The first-order valence-corrected chi connectivity index (χ1v) is 6.87. The number of benzene rings is 1. The summed E-state index contributed by atoms with van der Waals surface area (Å²) in [4.78, 5) is 25.0. The zero-order valence-electron chi connectivity index (χ0n) is 12.0. The number of hydrogen-bond acceptors (Lipinski definition) is 4. The van der Waals surface area contributed by atoms with Crippen LogP contribution in [0.1, 0.15) is 22.3 Å². The van der Waals surface area contributed by atoms with Crippen LogP contribution in [0.25, 0.3) is 0 Å². The molecule has 0 bridgehead atoms. The summed E-state index contributed by atoms with van der Waals surface area (Å²) in [6.45, 7) is 1.15. The van der Waals surface area contributed by atoms with Crippen LogP contribution in [0, 0.1) is 0 Å². The number of carboxylic acid groups (broad SMARTS) is 1. The molecule has 0 aliphatic carbocycles. The van der Waals surface area contributed by atoms with Crippen LogP contribution in [0.2, 0.25) is 0 Å². The highest BCUT2D eigenvalue weighted by Gasteiger charge is 2.39. The summed E-state index contributed by atoms with van der Waals surface area (Å²) in [6.07, 6.45) is 0.990. The third kappa shape index (κ3) is 3.40. The van der Waals surface area contributed by atoms with Crippen LogP contribution in [-0.2, 0) is 16.0 Å². The molecule has 6 nitrogen and oxygen atoms in total. The molecule has 2 rings (SSSR count). The molecule has 1 aromatic rings. The molecule has 1 aliphatic rings. The van der Waals surface area contributed by atoms with E-state index in [-0.39, 0.29) is 18.1 Å². The van der Waals surface area contributed by atoms with E-state index in [1.54, 1.807) is 36.2 Å². The second-order valence-corrected chi connectivity index (χ2v) is 5.40. The largest absolute Gasteiger partial charge is 0.478 e. The molecule has 21 heavy (non-hydrogen) atoms. The van der Waals surface area contributed by atoms with Crippen molar-refractivity contribution in [1.82, 2.24) is 4.90 Å². The lowest BCUT2D eigenvalue weighted by Gasteiger charge is -2.27. The molecule has 1 heterocycles. The Balaban J connectivity index is 2.00. The maximum atomic E-state index is 12.3. The third-order valence-corrected chi connectivity index (χ3v) is 3.79. The molecule has 3 N–H and O–H groups in total. The fraction of sp³-hybridized carbons (Fsp3) is 0.467. The second kappa shape index (κ2) is 6.24. The van der Waals surface area contributed by atoms with Gasteiger partial charge in [0.1, 0.15) is 5.54 Å². The Bertz CT molecular complexity index is 538. The minimum atomic E-state index is -0.959. The molecule has 1 fully saturated rings. The molecule has 0 saturated carbocycles. The zero-order valence-corrected chi connectivity index (χ0v) is 12.0. The van der Waals surface area contributed by atoms with Crippen molar-refractivity contribution in [3.05, 3.63) is 35.4 Å². The van der Waals surface area contributed by atoms with E-state index in [1.807, 2.05) is 0 Å². The smallest absolute Gasteiger partial charge is 0.335 e. The third-order valence-electron chi connectivity index (χ3n) is 3.79. The SMILES string of the molecule is CN(CCc1ccccc1C(=O)O)C(=O)C1(N)CCOC1. The molecule has 1 atom stereocenters. The molecule has 114 valence electrons. The van der Waals surface area contributed by atoms with Crippen molar-refractivity contribution >= 4 is 11.9 Å². The van der Waals surface area contributed by atoms with Crippen molar-refractivity contribution in [3.63, 3.8) is 0 Å². The van der Waals surface area contributed by atoms with Crippen molar-refractivity contribution in [2.24, 2.45) is 5.73 Å². The summed E-state index contributed by atoms with van der Waals surface area (Å²) in [5.74, 6) is -1.12. The van der Waals surface area contributed by atoms with Gasteiger partial charge in [-0.1, -0.05) is 18.2 Å². The van der Waals surface area contributed by atoms with Crippen molar-refractivity contribution < 1.29 is 19.4 Å². The Kier molecular flexibility index (Phi) is 4.59. The van der Waals surface area contributed by atoms with Crippen LogP contribution >= 0.6 is 0 Å². The molecule has 1 amide bonds. The molecule has 1 aromatic carbocycles. The fourth-order valence-electron chi connectivity index (χ4n) is 2.47. The van der Waals surface area contributed by atoms with Crippen LogP contribution < -0.4 is 5.73 Å². The molecule has 6 heteroatoms. The highest BCUT2D eigenvalue weighted by Crippen LogP contribution is 2.18. The van der Waals surface area contributed by atoms with E-state index in [0.717, 1.165) is 0 Å². The topological polar surface area (TPSA) is 92.9 Å². The monoisotopic (exact) mass is 292 g/mol. The number of ether oxygens (including phenoxy) is 1. The highest BCUT2D eigenvalue weighted by atomic mass is 16.5. The maximum absolute atomic E-state index is 12.3. The number of aromatic carboxylic acids is 1. The van der Waals surface area contributed by atoms with Gasteiger partial charge in [0.05, 0.1) is 12.2 Å². The van der Waals surface area contributed by atoms with Crippen molar-refractivity contribution in [3.8, 4) is 0 Å². The lowest BCUT2D eigenvalue weighted by Crippen LogP contribution is -2.55. The number of carbonyl (C=O) groups excluding carboxylic acids is 1. The number of likely N-dealkylation sites (N-methyl/N-ethyl adjacent to an activating group) is 1. The van der Waals surface area contributed by atoms with Crippen LogP contribution in [0.3, 0.4) is 0 Å². The van der Waals surface area contributed by atoms with Gasteiger partial charge in [0.25, 0.3) is 0 Å². The number of amides is 1. The zero-order chi connectivity index (χ0) is 15.5. The molecule has 1 unspecified atom stereocenters. The van der Waals surface area contributed by atoms with Gasteiger partial charge in [0.15, 0.2) is 0 Å². The van der Waals surface area contributed by atoms with E-state index in [9.17, 15) is 9.59 Å². The number of rotatable bonds is 5. The standard InChI is InChI=1S/C15H20N2O4/c1-17(14(20)15(16)7-9-21-10-15)8-6-11-4-2-3-5-12(11)13(18)19/h2-5H,6-10,16H2,1H3,(H,18,19). The van der Waals surface area contributed by atoms with E-state index in [0.29, 0.717) is 31.6 Å². The van der Waals surface area contributed by atoms with E-state index >= 15 is 0 Å². The Labute approximate surface area is 123 Å². The number of hydrogen-bond donors (Lipinski definition) is 2. The van der Waals surface area contributed by atoms with E-state index in [1.165, 1.54) is 0 Å². The second-order valence-electron chi connectivity index (χ2n) is 5.40. The minimum Gasteiger partial charge on any atom is -0.478 e. The Morgan fingerprint density at radius 2 is 2.14 bits per heavy atom. The predicted molar refractivity (Wildman–Crippen MR) is 77.1 cm³/mol. The molecular weight excluding hydrogens is 272 g/mol. The Morgan fingerprint density at radius 1 is 1.43 bits per heavy atom. The van der Waals surface area contributed by atoms with Crippen molar-refractivity contribution in [2.45, 2.75) is 18.4 Å². The first-order chi connectivity index (χ1) is 9.94. The fourth-order valence-corrected chi connectivity index (χ4v) is 2.47. The minimum absolute atomic E-state index is 0.159. The van der Waals surface area contributed by atoms with Crippen LogP contribution in [0.15, 0.2) is 24.3 Å². The van der Waals surface area contributed by atoms with Crippen LogP contribution in [-0.4, -0.2) is 54.2 Å². The van der Waals surface area contributed by atoms with Gasteiger partial charge in [-0.15, -0.1) is 0 Å². The summed E-state index contributed by atoms with van der Waals surface area (Å²) >= 11 is 0. The highest BCUT2D eigenvalue weighted by molar-refractivity contribution is 5.89. The predicted octanol–water partition coefficient (Wildman–Crippen LogP) is 0.504. The summed E-state index contributed by atoms with van der Waals surface area (Å²) < 4.78 is 5.19. The summed E-state index contributed by atoms with van der Waals surface area (Å²) in [6, 6.07) is 6.80. The van der Waals surface area contributed by atoms with Gasteiger partial charge in [-0.2, -0.15) is 0 Å². The lowest BCUT2D eigenvalue weighted by atomic mass is 9.98. The van der Waals surface area contributed by atoms with E-state index < -0.39 is 11.5 Å². The van der Waals surface area contributed by atoms with Gasteiger partial charge in [-0.05, 0) is 24.5 Å². The first kappa shape index (κ1) is 15.5. The van der Waals surface area contributed by atoms with Gasteiger partial charge in [0.2, 0.25) is 5.91 Å². The average molecular weight is 292 g/mol. The number of nitrogens with two attached hydrogens (primary N) is 1. The Morgan fingerprint density at radius 3 is 2.76 bits per heavy atom. The summed E-state index contributed by atoms with van der Waals surface area (Å²) in [5, 5.41) is 9.14. The van der Waals surface area contributed by atoms with Crippen molar-refractivity contribution in [1.29, 1.82) is 0 Å². The first-order valence-electron chi connectivity index (χ1n) is 6.87. The normalized spacial score (nSPS) is 21.2. The van der Waals surface area contributed by atoms with Gasteiger partial charge in [-0.3, -0.25) is 4.79 Å². The van der Waals surface area contributed by atoms with E-state index in [4.69, 9.17) is 15.6 Å². The molecular formula is C15H20N2O4. The van der Waals surface area contributed by atoms with Crippen molar-refractivity contribution in [2.75, 3.05) is 26.8 Å². The Hall–Kier alpha value is -1.92. The average Bonchev–Trinajstić information content (AvgIpc) is 2.92.